The zero-order valence-corrected chi connectivity index (χ0v) is 15.5. The average molecular weight is 390 g/mol. The van der Waals surface area contributed by atoms with E-state index in [-0.39, 0.29) is 11.3 Å². The Hall–Kier alpha value is -3.74. The Balaban J connectivity index is 1.94. The smallest absolute Gasteiger partial charge is 0.415 e. The number of hydrogen-bond acceptors (Lipinski definition) is 3. The normalized spacial score (nSPS) is 16.9. The van der Waals surface area contributed by atoms with E-state index in [1.54, 1.807) is 25.1 Å². The molecule has 2 aromatic carbocycles. The highest BCUT2D eigenvalue weighted by Gasteiger charge is 2.44. The van der Waals surface area contributed by atoms with Crippen LogP contribution in [-0.2, 0) is 6.54 Å². The fraction of sp³-hybridized carbons (Fsp3) is 0.136. The monoisotopic (exact) mass is 390 g/mol. The lowest BCUT2D eigenvalue weighted by Gasteiger charge is -2.23. The Kier molecular flexibility index (Phi) is 3.67. The molecule has 3 N–H and O–H groups in total. The molecular formula is C22H17FN3O3+. The third-order valence-electron chi connectivity index (χ3n) is 5.53. The van der Waals surface area contributed by atoms with Crippen molar-refractivity contribution in [3.63, 3.8) is 0 Å². The second-order valence-corrected chi connectivity index (χ2v) is 7.06. The molecule has 0 amide bonds. The molecule has 0 radical (unpaired) electrons. The summed E-state index contributed by atoms with van der Waals surface area (Å²) in [7, 11) is 0. The fourth-order valence-corrected chi connectivity index (χ4v) is 4.30. The third kappa shape index (κ3) is 2.37. The summed E-state index contributed by atoms with van der Waals surface area (Å²) in [5, 5.41) is 11.0. The summed E-state index contributed by atoms with van der Waals surface area (Å²) in [5.74, 6) is -0.776. The Morgan fingerprint density at radius 2 is 1.90 bits per heavy atom. The molecular weight excluding hydrogens is 373 g/mol. The summed E-state index contributed by atoms with van der Waals surface area (Å²) in [6.45, 7) is 2.13. The van der Waals surface area contributed by atoms with Crippen LogP contribution in [0.5, 0.6) is 0 Å². The fourth-order valence-electron chi connectivity index (χ4n) is 4.30. The average Bonchev–Trinajstić information content (AvgIpc) is 2.99. The molecule has 1 aromatic heterocycles. The van der Waals surface area contributed by atoms with Gasteiger partial charge >= 0.3 is 5.69 Å². The van der Waals surface area contributed by atoms with Gasteiger partial charge in [0.2, 0.25) is 0 Å². The molecule has 1 atom stereocenters. The van der Waals surface area contributed by atoms with Crippen LogP contribution in [0.1, 0.15) is 35.1 Å². The van der Waals surface area contributed by atoms with Gasteiger partial charge in [0.1, 0.15) is 22.9 Å². The molecule has 2 aliphatic rings. The number of nitrogens with zero attached hydrogens (tertiary/aromatic N) is 1. The second kappa shape index (κ2) is 6.13. The number of H-pyrrole nitrogens is 1. The van der Waals surface area contributed by atoms with E-state index >= 15 is 0 Å². The molecule has 0 spiro atoms. The first-order chi connectivity index (χ1) is 14.0. The first kappa shape index (κ1) is 17.4. The van der Waals surface area contributed by atoms with Gasteiger partial charge in [-0.1, -0.05) is 30.3 Å². The van der Waals surface area contributed by atoms with E-state index in [4.69, 9.17) is 0 Å². The number of aliphatic hydroxyl groups is 1. The van der Waals surface area contributed by atoms with Crippen molar-refractivity contribution in [2.45, 2.75) is 19.4 Å². The largest absolute Gasteiger partial charge is 0.507 e. The first-order valence-electron chi connectivity index (χ1n) is 9.31. The van der Waals surface area contributed by atoms with Crippen molar-refractivity contribution in [3.8, 4) is 0 Å². The van der Waals surface area contributed by atoms with Gasteiger partial charge in [-0.2, -0.15) is 4.57 Å². The number of hydrogen-bond donors (Lipinski definition) is 3. The highest BCUT2D eigenvalue weighted by molar-refractivity contribution is 6.21. The molecule has 0 bridgehead atoms. The molecule has 1 aliphatic carbocycles. The van der Waals surface area contributed by atoms with E-state index in [2.05, 4.69) is 9.98 Å². The Morgan fingerprint density at radius 1 is 1.14 bits per heavy atom. The molecule has 1 unspecified atom stereocenters. The molecule has 6 nitrogen and oxygen atoms in total. The van der Waals surface area contributed by atoms with Crippen LogP contribution in [0.3, 0.4) is 0 Å². The van der Waals surface area contributed by atoms with Crippen molar-refractivity contribution in [2.75, 3.05) is 0 Å². The first-order valence-corrected chi connectivity index (χ1v) is 9.31. The maximum Gasteiger partial charge on any atom is 0.415 e. The number of fused-ring (bicyclic) bond motifs is 4. The van der Waals surface area contributed by atoms with Gasteiger partial charge in [0.15, 0.2) is 0 Å². The number of nitrogens with one attached hydrogen (secondary N) is 2. The predicted molar refractivity (Wildman–Crippen MR) is 106 cm³/mol. The van der Waals surface area contributed by atoms with Gasteiger partial charge in [-0.25, -0.2) is 14.2 Å². The quantitative estimate of drug-likeness (QED) is 0.617. The lowest BCUT2D eigenvalue weighted by atomic mass is 9.81. The summed E-state index contributed by atoms with van der Waals surface area (Å²) in [4.78, 5) is 30.8. The second-order valence-electron chi connectivity index (χ2n) is 7.06. The van der Waals surface area contributed by atoms with Crippen molar-refractivity contribution in [2.24, 2.45) is 0 Å². The van der Waals surface area contributed by atoms with Crippen molar-refractivity contribution in [1.82, 2.24) is 9.55 Å². The molecule has 5 rings (SSSR count). The highest BCUT2D eigenvalue weighted by Crippen LogP contribution is 2.43. The topological polar surface area (TPSA) is 89.1 Å². The van der Waals surface area contributed by atoms with Crippen LogP contribution in [0.4, 0.5) is 10.2 Å². The molecule has 2 heterocycles. The minimum absolute atomic E-state index is 0.0386. The van der Waals surface area contributed by atoms with E-state index < -0.39 is 23.0 Å². The Bertz CT molecular complexity index is 1360. The van der Waals surface area contributed by atoms with Gasteiger partial charge in [0.25, 0.3) is 11.4 Å². The number of rotatable bonds is 2. The molecule has 0 fully saturated rings. The van der Waals surface area contributed by atoms with E-state index in [1.807, 2.05) is 18.2 Å². The molecule has 29 heavy (non-hydrogen) atoms. The van der Waals surface area contributed by atoms with Gasteiger partial charge in [-0.3, -0.25) is 9.78 Å². The van der Waals surface area contributed by atoms with Gasteiger partial charge in [0.05, 0.1) is 18.0 Å². The molecule has 144 valence electrons. The predicted octanol–water partition coefficient (Wildman–Crippen LogP) is 1.33. The SMILES string of the molecule is CCn1c2c(c(=O)[nH]c1=O)C(c1cccc(F)c1)C1=C(O)c3ccccc3C1=[NH+]2. The van der Waals surface area contributed by atoms with E-state index in [1.165, 1.54) is 16.7 Å². The molecule has 1 aliphatic heterocycles. The Morgan fingerprint density at radius 3 is 2.62 bits per heavy atom. The van der Waals surface area contributed by atoms with Crippen LogP contribution in [0.2, 0.25) is 0 Å². The van der Waals surface area contributed by atoms with Gasteiger partial charge in [-0.05, 0) is 30.7 Å². The maximum atomic E-state index is 14.1. The highest BCUT2D eigenvalue weighted by atomic mass is 19.1. The molecule has 0 saturated carbocycles. The summed E-state index contributed by atoms with van der Waals surface area (Å²) >= 11 is 0. The van der Waals surface area contributed by atoms with Crippen LogP contribution in [0.15, 0.2) is 63.7 Å². The zero-order valence-electron chi connectivity index (χ0n) is 15.5. The van der Waals surface area contributed by atoms with Crippen LogP contribution in [0, 0.1) is 5.82 Å². The van der Waals surface area contributed by atoms with Crippen LogP contribution in [-0.4, -0.2) is 20.4 Å². The minimum atomic E-state index is -0.730. The van der Waals surface area contributed by atoms with Crippen LogP contribution in [0.25, 0.3) is 5.76 Å². The standard InChI is InChI=1S/C22H16FN3O3/c1-2-26-20-17(21(28)25-22(26)29)15(11-6-5-7-12(23)10-11)16-18(24-20)13-8-3-4-9-14(13)19(16)27/h3-10,15,27H,2H2,1H3,(H,25,28,29)/p+1. The summed E-state index contributed by atoms with van der Waals surface area (Å²) in [5.41, 5.74) is 2.21. The van der Waals surface area contributed by atoms with Crippen molar-refractivity contribution < 1.29 is 14.5 Å². The van der Waals surface area contributed by atoms with Gasteiger partial charge in [0, 0.05) is 11.1 Å². The number of allylic oxidation sites excluding steroid dienone is 1. The number of benzene rings is 2. The van der Waals surface area contributed by atoms with Crippen molar-refractivity contribution in [1.29, 1.82) is 0 Å². The molecule has 3 aromatic rings. The lowest BCUT2D eigenvalue weighted by molar-refractivity contribution is -0.364. The van der Waals surface area contributed by atoms with Crippen LogP contribution < -0.4 is 16.2 Å². The summed E-state index contributed by atoms with van der Waals surface area (Å²) < 4.78 is 15.5. The third-order valence-corrected chi connectivity index (χ3v) is 5.53. The maximum absolute atomic E-state index is 14.1. The molecule has 7 heteroatoms. The number of aliphatic hydroxyl groups excluding tert-OH is 1. The number of halogens is 1. The van der Waals surface area contributed by atoms with E-state index in [9.17, 15) is 19.1 Å². The number of aromatic nitrogens is 2. The van der Waals surface area contributed by atoms with Crippen molar-refractivity contribution in [3.05, 3.63) is 103 Å². The summed E-state index contributed by atoms with van der Waals surface area (Å²) in [6.07, 6.45) is 0. The Labute approximate surface area is 164 Å². The van der Waals surface area contributed by atoms with E-state index in [0.717, 1.165) is 5.56 Å². The number of aromatic amines is 1. The zero-order chi connectivity index (χ0) is 20.3. The molecule has 0 saturated heterocycles. The van der Waals surface area contributed by atoms with E-state index in [0.29, 0.717) is 34.8 Å². The minimum Gasteiger partial charge on any atom is -0.507 e. The van der Waals surface area contributed by atoms with Crippen molar-refractivity contribution >= 4 is 17.3 Å². The lowest BCUT2D eigenvalue weighted by Crippen LogP contribution is -2.72. The van der Waals surface area contributed by atoms with Gasteiger partial charge < -0.3 is 5.11 Å². The van der Waals surface area contributed by atoms with Crippen LogP contribution >= 0.6 is 0 Å². The van der Waals surface area contributed by atoms with Gasteiger partial charge in [-0.15, -0.1) is 0 Å². The summed E-state index contributed by atoms with van der Waals surface area (Å²) in [6, 6.07) is 13.3.